The number of carboxylic acids is 2. The zero-order chi connectivity index (χ0) is 28.6. The number of fused-ring (bicyclic) bond motifs is 2. The van der Waals surface area contributed by atoms with E-state index in [0.717, 1.165) is 58.0 Å². The molecule has 4 heterocycles. The van der Waals surface area contributed by atoms with Crippen LogP contribution in [0.25, 0.3) is 11.3 Å². The molecule has 0 aliphatic rings. The van der Waals surface area contributed by atoms with Crippen molar-refractivity contribution >= 4 is 23.2 Å². The van der Waals surface area contributed by atoms with Gasteiger partial charge in [0.05, 0.1) is 0 Å². The number of hydrogen-bond acceptors (Lipinski definition) is 6. The number of hydrogen-bond donors (Lipinski definition) is 2. The van der Waals surface area contributed by atoms with Gasteiger partial charge in [-0.3, -0.25) is 18.4 Å². The minimum Gasteiger partial charge on any atom is -0.478 e. The van der Waals surface area contributed by atoms with Gasteiger partial charge in [0.15, 0.2) is 0 Å². The summed E-state index contributed by atoms with van der Waals surface area (Å²) in [4.78, 5) is 52.2. The zero-order valence-electron chi connectivity index (χ0n) is 22.3. The number of aryl methyl sites for hydroxylation is 4. The summed E-state index contributed by atoms with van der Waals surface area (Å²) < 4.78 is 3.34. The molecule has 200 valence electrons. The van der Waals surface area contributed by atoms with Gasteiger partial charge in [-0.25, -0.2) is 19.6 Å². The summed E-state index contributed by atoms with van der Waals surface area (Å²) >= 11 is 0. The molecule has 2 N–H and O–H groups in total. The Balaban J connectivity index is 0.000000211. The quantitative estimate of drug-likeness (QED) is 0.390. The van der Waals surface area contributed by atoms with Crippen molar-refractivity contribution < 1.29 is 19.8 Å². The molecule has 0 amide bonds. The van der Waals surface area contributed by atoms with E-state index in [1.54, 1.807) is 8.80 Å². The largest absolute Gasteiger partial charge is 0.478 e. The molecule has 0 fully saturated rings. The molecule has 0 atom stereocenters. The lowest BCUT2D eigenvalue weighted by Crippen LogP contribution is -2.22. The molecule has 4 aromatic rings. The SMILES string of the molecule is CCc1c(C)nc2cccc(C)n2c1=O.CCc1c(C)nc2cccc(C)n2c1=O.O=C(O)C=CC(=O)O. The highest BCUT2D eigenvalue weighted by Crippen LogP contribution is 2.07. The summed E-state index contributed by atoms with van der Waals surface area (Å²) in [5, 5.41) is 15.6. The Kier molecular flexibility index (Phi) is 10.2. The number of nitrogens with zero attached hydrogens (tertiary/aromatic N) is 4. The standard InChI is InChI=1S/2C12H14N2O.C4H4O4/c2*1-4-10-9(3)13-11-7-5-6-8(2)14(11)12(10)15;5-3(6)1-2-4(7)8/h2*5-7H,4H2,1-3H3;1-2H,(H,5,6)(H,7,8). The molecule has 4 aromatic heterocycles. The van der Waals surface area contributed by atoms with Gasteiger partial charge < -0.3 is 10.2 Å². The number of carboxylic acid groups (broad SMARTS) is 2. The summed E-state index contributed by atoms with van der Waals surface area (Å²) in [7, 11) is 0. The Morgan fingerprint density at radius 2 is 1.05 bits per heavy atom. The van der Waals surface area contributed by atoms with Crippen LogP contribution in [0, 0.1) is 27.7 Å². The number of pyridine rings is 2. The van der Waals surface area contributed by atoms with E-state index in [4.69, 9.17) is 10.2 Å². The molecule has 10 nitrogen and oxygen atoms in total. The van der Waals surface area contributed by atoms with E-state index in [2.05, 4.69) is 9.97 Å². The minimum atomic E-state index is -1.26. The van der Waals surface area contributed by atoms with Gasteiger partial charge in [0.25, 0.3) is 11.1 Å². The van der Waals surface area contributed by atoms with Crippen LogP contribution in [0.5, 0.6) is 0 Å². The second-order valence-electron chi connectivity index (χ2n) is 8.40. The third-order valence-corrected chi connectivity index (χ3v) is 5.77. The van der Waals surface area contributed by atoms with Gasteiger partial charge in [0, 0.05) is 46.1 Å². The molecule has 38 heavy (non-hydrogen) atoms. The smallest absolute Gasteiger partial charge is 0.328 e. The van der Waals surface area contributed by atoms with Gasteiger partial charge in [-0.2, -0.15) is 0 Å². The summed E-state index contributed by atoms with van der Waals surface area (Å²) in [6, 6.07) is 11.4. The van der Waals surface area contributed by atoms with E-state index >= 15 is 0 Å². The van der Waals surface area contributed by atoms with Crippen molar-refractivity contribution in [3.05, 3.63) is 103 Å². The predicted molar refractivity (Wildman–Crippen MR) is 145 cm³/mol. The lowest BCUT2D eigenvalue weighted by Gasteiger charge is -2.08. The van der Waals surface area contributed by atoms with Crippen molar-refractivity contribution in [3.63, 3.8) is 0 Å². The average Bonchev–Trinajstić information content (AvgIpc) is 2.84. The summed E-state index contributed by atoms with van der Waals surface area (Å²) in [6.45, 7) is 11.6. The first-order valence-corrected chi connectivity index (χ1v) is 12.0. The molecule has 0 saturated heterocycles. The van der Waals surface area contributed by atoms with Gasteiger partial charge in [-0.15, -0.1) is 0 Å². The highest BCUT2D eigenvalue weighted by molar-refractivity contribution is 5.89. The van der Waals surface area contributed by atoms with E-state index in [0.29, 0.717) is 12.2 Å². The number of rotatable bonds is 4. The molecule has 0 aliphatic heterocycles. The molecule has 0 aromatic carbocycles. The van der Waals surface area contributed by atoms with Crippen molar-refractivity contribution in [2.45, 2.75) is 54.4 Å². The Morgan fingerprint density at radius 1 is 0.711 bits per heavy atom. The van der Waals surface area contributed by atoms with Crippen LogP contribution in [0.4, 0.5) is 0 Å². The second kappa shape index (κ2) is 13.1. The first kappa shape index (κ1) is 29.6. The average molecular weight is 521 g/mol. The molecule has 0 saturated carbocycles. The van der Waals surface area contributed by atoms with E-state index in [1.807, 2.05) is 77.9 Å². The zero-order valence-corrected chi connectivity index (χ0v) is 22.3. The lowest BCUT2D eigenvalue weighted by atomic mass is 10.2. The minimum absolute atomic E-state index is 0.0677. The molecule has 0 spiro atoms. The Hall–Kier alpha value is -4.60. The topological polar surface area (TPSA) is 143 Å². The Labute approximate surface area is 219 Å². The molecule has 0 bridgehead atoms. The fourth-order valence-electron chi connectivity index (χ4n) is 3.92. The summed E-state index contributed by atoms with van der Waals surface area (Å²) in [5.74, 6) is -2.51. The van der Waals surface area contributed by atoms with Gasteiger partial charge in [-0.1, -0.05) is 26.0 Å². The van der Waals surface area contributed by atoms with Gasteiger partial charge >= 0.3 is 11.9 Å². The predicted octanol–water partition coefficient (Wildman–Crippen LogP) is 3.46. The maximum absolute atomic E-state index is 12.1. The highest BCUT2D eigenvalue weighted by Gasteiger charge is 2.09. The van der Waals surface area contributed by atoms with Crippen LogP contribution in [0.3, 0.4) is 0 Å². The van der Waals surface area contributed by atoms with E-state index in [1.165, 1.54) is 0 Å². The molecule has 4 rings (SSSR count). The van der Waals surface area contributed by atoms with Gasteiger partial charge in [0.2, 0.25) is 0 Å². The first-order valence-electron chi connectivity index (χ1n) is 12.0. The first-order chi connectivity index (χ1) is 17.9. The van der Waals surface area contributed by atoms with Gasteiger partial charge in [-0.05, 0) is 64.8 Å². The lowest BCUT2D eigenvalue weighted by molar-refractivity contribution is -0.134. The Bertz CT molecular complexity index is 1510. The van der Waals surface area contributed by atoms with Crippen molar-refractivity contribution in [3.8, 4) is 0 Å². The molecule has 0 aliphatic carbocycles. The third-order valence-electron chi connectivity index (χ3n) is 5.77. The van der Waals surface area contributed by atoms with Crippen LogP contribution < -0.4 is 11.1 Å². The Morgan fingerprint density at radius 3 is 1.34 bits per heavy atom. The van der Waals surface area contributed by atoms with Crippen LogP contribution >= 0.6 is 0 Å². The summed E-state index contributed by atoms with van der Waals surface area (Å²) in [6.07, 6.45) is 2.58. The molecular weight excluding hydrogens is 488 g/mol. The van der Waals surface area contributed by atoms with Crippen LogP contribution in [0.1, 0.15) is 47.8 Å². The molecule has 0 radical (unpaired) electrons. The van der Waals surface area contributed by atoms with Crippen LogP contribution in [0.15, 0.2) is 58.1 Å². The van der Waals surface area contributed by atoms with Crippen molar-refractivity contribution in [1.29, 1.82) is 0 Å². The van der Waals surface area contributed by atoms with Crippen molar-refractivity contribution in [2.24, 2.45) is 0 Å². The normalized spacial score (nSPS) is 10.6. The van der Waals surface area contributed by atoms with E-state index in [-0.39, 0.29) is 11.1 Å². The van der Waals surface area contributed by atoms with Crippen LogP contribution in [0.2, 0.25) is 0 Å². The fraction of sp³-hybridized carbons (Fsp3) is 0.286. The number of aromatic nitrogens is 4. The maximum atomic E-state index is 12.1. The van der Waals surface area contributed by atoms with Crippen molar-refractivity contribution in [2.75, 3.05) is 0 Å². The summed E-state index contributed by atoms with van der Waals surface area (Å²) in [5.41, 5.74) is 6.75. The molecule has 10 heteroatoms. The van der Waals surface area contributed by atoms with Crippen LogP contribution in [-0.2, 0) is 22.4 Å². The third kappa shape index (κ3) is 7.00. The van der Waals surface area contributed by atoms with Crippen LogP contribution in [-0.4, -0.2) is 40.9 Å². The number of carbonyl (C=O) groups is 2. The highest BCUT2D eigenvalue weighted by atomic mass is 16.4. The molecule has 0 unspecified atom stereocenters. The van der Waals surface area contributed by atoms with E-state index < -0.39 is 11.9 Å². The number of aliphatic carboxylic acids is 2. The van der Waals surface area contributed by atoms with E-state index in [9.17, 15) is 19.2 Å². The molecular formula is C28H32N4O6. The fourth-order valence-corrected chi connectivity index (χ4v) is 3.92. The van der Waals surface area contributed by atoms with Gasteiger partial charge in [0.1, 0.15) is 11.3 Å². The maximum Gasteiger partial charge on any atom is 0.328 e. The second-order valence-corrected chi connectivity index (χ2v) is 8.40. The monoisotopic (exact) mass is 520 g/mol. The van der Waals surface area contributed by atoms with Crippen molar-refractivity contribution in [1.82, 2.24) is 18.8 Å².